The molecule has 3 rings (SSSR count). The standard InChI is InChI=1S/C21H24FN5O2.ClH/c1-4-23-20(28)13-26-12-18(15-9-10-24-19(11-15)25-14(2)3)27(21(26)29)17-7-5-16(22)6-8-17;/h5-12,14H,4,13H2,1-3H3,(H,23,28)(H,24,25);1H. The number of likely N-dealkylation sites (N-methyl/N-ethyl adjacent to an activating group) is 1. The van der Waals surface area contributed by atoms with Crippen molar-refractivity contribution in [3.8, 4) is 16.9 Å². The van der Waals surface area contributed by atoms with Crippen molar-refractivity contribution >= 4 is 24.1 Å². The third-order valence-corrected chi connectivity index (χ3v) is 4.22. The molecule has 2 N–H and O–H groups in total. The molecule has 0 saturated heterocycles. The number of rotatable bonds is 7. The van der Waals surface area contributed by atoms with Crippen LogP contribution >= 0.6 is 12.4 Å². The highest BCUT2D eigenvalue weighted by Crippen LogP contribution is 2.24. The van der Waals surface area contributed by atoms with E-state index < -0.39 is 5.82 Å². The number of imidazole rings is 1. The summed E-state index contributed by atoms with van der Waals surface area (Å²) in [5.74, 6) is 0.0267. The number of carbonyl (C=O) groups is 1. The molecule has 3 aromatic rings. The highest BCUT2D eigenvalue weighted by Gasteiger charge is 2.17. The maximum absolute atomic E-state index is 13.4. The Balaban J connectivity index is 0.00000320. The van der Waals surface area contributed by atoms with E-state index >= 15 is 0 Å². The number of aromatic nitrogens is 3. The maximum atomic E-state index is 13.4. The lowest BCUT2D eigenvalue weighted by Gasteiger charge is -2.11. The van der Waals surface area contributed by atoms with Crippen molar-refractivity contribution < 1.29 is 9.18 Å². The predicted molar refractivity (Wildman–Crippen MR) is 118 cm³/mol. The van der Waals surface area contributed by atoms with Gasteiger partial charge in [0, 0.05) is 30.5 Å². The van der Waals surface area contributed by atoms with E-state index in [0.29, 0.717) is 23.7 Å². The summed E-state index contributed by atoms with van der Waals surface area (Å²) in [7, 11) is 0. The van der Waals surface area contributed by atoms with Gasteiger partial charge in [-0.1, -0.05) is 0 Å². The molecule has 2 heterocycles. The van der Waals surface area contributed by atoms with Gasteiger partial charge in [0.25, 0.3) is 0 Å². The fourth-order valence-corrected chi connectivity index (χ4v) is 3.02. The first-order valence-corrected chi connectivity index (χ1v) is 9.46. The average molecular weight is 434 g/mol. The van der Waals surface area contributed by atoms with E-state index in [-0.39, 0.29) is 36.6 Å². The topological polar surface area (TPSA) is 81.0 Å². The molecule has 1 amide bonds. The molecule has 0 atom stereocenters. The van der Waals surface area contributed by atoms with Crippen molar-refractivity contribution in [1.82, 2.24) is 19.4 Å². The Morgan fingerprint density at radius 2 is 1.90 bits per heavy atom. The van der Waals surface area contributed by atoms with Crippen LogP contribution in [-0.4, -0.2) is 32.6 Å². The van der Waals surface area contributed by atoms with E-state index in [0.717, 1.165) is 5.56 Å². The molecule has 0 unspecified atom stereocenters. The summed E-state index contributed by atoms with van der Waals surface area (Å²) in [5.41, 5.74) is 1.46. The van der Waals surface area contributed by atoms with Crippen LogP contribution < -0.4 is 16.3 Å². The maximum Gasteiger partial charge on any atom is 0.333 e. The molecule has 0 saturated carbocycles. The number of halogens is 2. The SMILES string of the molecule is CCNC(=O)Cn1cc(-c2ccnc(NC(C)C)c2)n(-c2ccc(F)cc2)c1=O.Cl. The summed E-state index contributed by atoms with van der Waals surface area (Å²) in [4.78, 5) is 29.4. The number of anilines is 1. The van der Waals surface area contributed by atoms with Gasteiger partial charge in [-0.25, -0.2) is 14.2 Å². The number of nitrogens with one attached hydrogen (secondary N) is 2. The second-order valence-corrected chi connectivity index (χ2v) is 6.92. The minimum Gasteiger partial charge on any atom is -0.368 e. The van der Waals surface area contributed by atoms with Gasteiger partial charge in [-0.3, -0.25) is 13.9 Å². The number of amides is 1. The minimum absolute atomic E-state index is 0. The van der Waals surface area contributed by atoms with Crippen LogP contribution in [0.1, 0.15) is 20.8 Å². The Bertz CT molecular complexity index is 1060. The van der Waals surface area contributed by atoms with Gasteiger partial charge < -0.3 is 10.6 Å². The lowest BCUT2D eigenvalue weighted by molar-refractivity contribution is -0.121. The molecule has 0 spiro atoms. The van der Waals surface area contributed by atoms with Crippen molar-refractivity contribution in [1.29, 1.82) is 0 Å². The number of hydrogen-bond donors (Lipinski definition) is 2. The molecular weight excluding hydrogens is 409 g/mol. The first kappa shape index (κ1) is 23.2. The fourth-order valence-electron chi connectivity index (χ4n) is 3.02. The Morgan fingerprint density at radius 3 is 2.53 bits per heavy atom. The number of nitrogens with zero attached hydrogens (tertiary/aromatic N) is 3. The Labute approximate surface area is 180 Å². The normalized spacial score (nSPS) is 10.6. The first-order chi connectivity index (χ1) is 13.9. The van der Waals surface area contributed by atoms with Crippen LogP contribution in [0.25, 0.3) is 16.9 Å². The van der Waals surface area contributed by atoms with E-state index in [1.54, 1.807) is 18.5 Å². The molecule has 0 aliphatic carbocycles. The molecule has 7 nitrogen and oxygen atoms in total. The first-order valence-electron chi connectivity index (χ1n) is 9.46. The monoisotopic (exact) mass is 433 g/mol. The summed E-state index contributed by atoms with van der Waals surface area (Å²) in [6.45, 7) is 6.21. The second kappa shape index (κ2) is 10.1. The van der Waals surface area contributed by atoms with E-state index in [1.807, 2.05) is 26.8 Å². The summed E-state index contributed by atoms with van der Waals surface area (Å²) >= 11 is 0. The van der Waals surface area contributed by atoms with Crippen molar-refractivity contribution in [3.05, 3.63) is 65.1 Å². The number of carbonyl (C=O) groups excluding carboxylic acids is 1. The highest BCUT2D eigenvalue weighted by atomic mass is 35.5. The third-order valence-electron chi connectivity index (χ3n) is 4.22. The molecule has 2 aromatic heterocycles. The van der Waals surface area contributed by atoms with Crippen LogP contribution in [0.2, 0.25) is 0 Å². The summed E-state index contributed by atoms with van der Waals surface area (Å²) < 4.78 is 16.2. The van der Waals surface area contributed by atoms with Gasteiger partial charge in [0.15, 0.2) is 0 Å². The molecule has 0 aliphatic rings. The van der Waals surface area contributed by atoms with Crippen LogP contribution in [0.4, 0.5) is 10.2 Å². The molecule has 160 valence electrons. The summed E-state index contributed by atoms with van der Waals surface area (Å²) in [6.07, 6.45) is 3.29. The van der Waals surface area contributed by atoms with Crippen LogP contribution in [0, 0.1) is 5.82 Å². The van der Waals surface area contributed by atoms with Gasteiger partial charge in [0.1, 0.15) is 18.2 Å². The molecular formula is C21H25ClFN5O2. The molecule has 0 radical (unpaired) electrons. The number of hydrogen-bond acceptors (Lipinski definition) is 4. The molecule has 1 aromatic carbocycles. The lowest BCUT2D eigenvalue weighted by Crippen LogP contribution is -2.32. The fraction of sp³-hybridized carbons (Fsp3) is 0.286. The van der Waals surface area contributed by atoms with Crippen LogP contribution in [0.15, 0.2) is 53.6 Å². The zero-order valence-corrected chi connectivity index (χ0v) is 17.9. The molecule has 0 fully saturated rings. The van der Waals surface area contributed by atoms with Gasteiger partial charge >= 0.3 is 5.69 Å². The minimum atomic E-state index is -0.391. The van der Waals surface area contributed by atoms with E-state index in [9.17, 15) is 14.0 Å². The van der Waals surface area contributed by atoms with Gasteiger partial charge in [0.05, 0.1) is 11.4 Å². The van der Waals surface area contributed by atoms with Crippen LogP contribution in [0.5, 0.6) is 0 Å². The average Bonchev–Trinajstić information content (AvgIpc) is 2.99. The largest absolute Gasteiger partial charge is 0.368 e. The Hall–Kier alpha value is -3.13. The molecule has 30 heavy (non-hydrogen) atoms. The molecule has 0 aliphatic heterocycles. The van der Waals surface area contributed by atoms with Crippen molar-refractivity contribution in [2.75, 3.05) is 11.9 Å². The van der Waals surface area contributed by atoms with Crippen molar-refractivity contribution in [2.45, 2.75) is 33.4 Å². The molecule has 9 heteroatoms. The van der Waals surface area contributed by atoms with Crippen LogP contribution in [-0.2, 0) is 11.3 Å². The lowest BCUT2D eigenvalue weighted by atomic mass is 10.2. The smallest absolute Gasteiger partial charge is 0.333 e. The number of pyridine rings is 1. The summed E-state index contributed by atoms with van der Waals surface area (Å²) in [5, 5.41) is 5.92. The summed E-state index contributed by atoms with van der Waals surface area (Å²) in [6, 6.07) is 9.48. The predicted octanol–water partition coefficient (Wildman–Crippen LogP) is 3.22. The van der Waals surface area contributed by atoms with E-state index in [1.165, 1.54) is 33.4 Å². The quantitative estimate of drug-likeness (QED) is 0.599. The van der Waals surface area contributed by atoms with Crippen molar-refractivity contribution in [3.63, 3.8) is 0 Å². The van der Waals surface area contributed by atoms with Gasteiger partial charge in [-0.2, -0.15) is 0 Å². The van der Waals surface area contributed by atoms with Gasteiger partial charge in [-0.15, -0.1) is 12.4 Å². The van der Waals surface area contributed by atoms with Gasteiger partial charge in [-0.05, 0) is 57.2 Å². The second-order valence-electron chi connectivity index (χ2n) is 6.92. The Kier molecular flexibility index (Phi) is 7.77. The van der Waals surface area contributed by atoms with E-state index in [4.69, 9.17) is 0 Å². The zero-order valence-electron chi connectivity index (χ0n) is 17.1. The zero-order chi connectivity index (χ0) is 21.0. The van der Waals surface area contributed by atoms with Gasteiger partial charge in [0.2, 0.25) is 5.91 Å². The number of benzene rings is 1. The third kappa shape index (κ3) is 5.27. The van der Waals surface area contributed by atoms with Crippen molar-refractivity contribution in [2.24, 2.45) is 0 Å². The van der Waals surface area contributed by atoms with E-state index in [2.05, 4.69) is 15.6 Å². The van der Waals surface area contributed by atoms with Crippen LogP contribution in [0.3, 0.4) is 0 Å². The Morgan fingerprint density at radius 1 is 1.20 bits per heavy atom. The molecule has 0 bridgehead atoms. The highest BCUT2D eigenvalue weighted by molar-refractivity contribution is 5.85.